The van der Waals surface area contributed by atoms with Gasteiger partial charge in [0.05, 0.1) is 10.9 Å². The summed E-state index contributed by atoms with van der Waals surface area (Å²) in [5.74, 6) is -0.393. The number of fused-ring (bicyclic) bond motifs is 1. The molecule has 0 saturated carbocycles. The number of hydrogen-bond donors (Lipinski definition) is 2. The van der Waals surface area contributed by atoms with Gasteiger partial charge in [-0.3, -0.25) is 0 Å². The lowest BCUT2D eigenvalue weighted by Gasteiger charge is -2.01. The molecule has 0 spiro atoms. The lowest BCUT2D eigenvalue weighted by atomic mass is 10.1. The fraction of sp³-hybridized carbons (Fsp3) is 0.0667. The highest BCUT2D eigenvalue weighted by atomic mass is 16.5. The minimum atomic E-state index is -0.968. The van der Waals surface area contributed by atoms with Crippen LogP contribution in [0.1, 0.15) is 10.4 Å². The zero-order chi connectivity index (χ0) is 14.1. The van der Waals surface area contributed by atoms with Gasteiger partial charge in [-0.1, -0.05) is 5.16 Å². The second-order valence-corrected chi connectivity index (χ2v) is 4.38. The maximum absolute atomic E-state index is 11.0. The molecule has 1 heterocycles. The van der Waals surface area contributed by atoms with Gasteiger partial charge in [0.15, 0.2) is 5.76 Å². The van der Waals surface area contributed by atoms with Crippen molar-refractivity contribution in [1.82, 2.24) is 5.16 Å². The van der Waals surface area contributed by atoms with Crippen LogP contribution < -0.4 is 5.32 Å². The predicted molar refractivity (Wildman–Crippen MR) is 76.0 cm³/mol. The van der Waals surface area contributed by atoms with Crippen molar-refractivity contribution in [2.75, 3.05) is 12.4 Å². The molecule has 3 aromatic rings. The van der Waals surface area contributed by atoms with E-state index in [0.29, 0.717) is 16.7 Å². The fourth-order valence-corrected chi connectivity index (χ4v) is 2.07. The Morgan fingerprint density at radius 1 is 1.20 bits per heavy atom. The van der Waals surface area contributed by atoms with Gasteiger partial charge >= 0.3 is 5.97 Å². The second-order valence-electron chi connectivity index (χ2n) is 4.38. The average molecular weight is 268 g/mol. The molecule has 5 heteroatoms. The van der Waals surface area contributed by atoms with Gasteiger partial charge in [0.1, 0.15) is 5.52 Å². The lowest BCUT2D eigenvalue weighted by molar-refractivity contribution is 0.0697. The van der Waals surface area contributed by atoms with Gasteiger partial charge in [0.25, 0.3) is 0 Å². The average Bonchev–Trinajstić information content (AvgIpc) is 2.90. The first-order valence-electron chi connectivity index (χ1n) is 6.10. The first-order chi connectivity index (χ1) is 9.69. The van der Waals surface area contributed by atoms with E-state index < -0.39 is 5.97 Å². The van der Waals surface area contributed by atoms with E-state index in [4.69, 9.17) is 9.63 Å². The zero-order valence-electron chi connectivity index (χ0n) is 10.8. The number of rotatable bonds is 3. The molecule has 0 fully saturated rings. The van der Waals surface area contributed by atoms with Crippen LogP contribution in [0, 0.1) is 0 Å². The highest BCUT2D eigenvalue weighted by Crippen LogP contribution is 2.30. The number of carbonyl (C=O) groups is 1. The summed E-state index contributed by atoms with van der Waals surface area (Å²) in [5, 5.41) is 16.7. The molecule has 0 aliphatic rings. The summed E-state index contributed by atoms with van der Waals surface area (Å²) in [6.07, 6.45) is 0. The van der Waals surface area contributed by atoms with Crippen molar-refractivity contribution >= 4 is 22.6 Å². The topological polar surface area (TPSA) is 75.4 Å². The summed E-state index contributed by atoms with van der Waals surface area (Å²) in [5.41, 5.74) is 2.70. The van der Waals surface area contributed by atoms with Crippen LogP contribution in [-0.4, -0.2) is 23.3 Å². The third-order valence-electron chi connectivity index (χ3n) is 3.16. The number of aromatic carboxylic acids is 1. The summed E-state index contributed by atoms with van der Waals surface area (Å²) in [6, 6.07) is 12.4. The summed E-state index contributed by atoms with van der Waals surface area (Å²) in [6.45, 7) is 0. The zero-order valence-corrected chi connectivity index (χ0v) is 10.8. The fourth-order valence-electron chi connectivity index (χ4n) is 2.07. The molecule has 3 rings (SSSR count). The van der Waals surface area contributed by atoms with Gasteiger partial charge in [0.2, 0.25) is 0 Å². The molecule has 2 aromatic carbocycles. The van der Waals surface area contributed by atoms with E-state index in [-0.39, 0.29) is 5.56 Å². The SMILES string of the molecule is CNc1ccc(-c2onc3ccc(C(=O)O)cc23)cc1. The quantitative estimate of drug-likeness (QED) is 0.762. The number of aromatic nitrogens is 1. The molecule has 2 N–H and O–H groups in total. The van der Waals surface area contributed by atoms with Crippen molar-refractivity contribution in [1.29, 1.82) is 0 Å². The number of carboxylic acid groups (broad SMARTS) is 1. The molecule has 20 heavy (non-hydrogen) atoms. The Balaban J connectivity index is 2.14. The number of nitrogens with zero attached hydrogens (tertiary/aromatic N) is 1. The van der Waals surface area contributed by atoms with Crippen molar-refractivity contribution in [3.8, 4) is 11.3 Å². The third kappa shape index (κ3) is 1.99. The lowest BCUT2D eigenvalue weighted by Crippen LogP contribution is -1.94. The van der Waals surface area contributed by atoms with Crippen LogP contribution in [0.25, 0.3) is 22.2 Å². The minimum Gasteiger partial charge on any atom is -0.478 e. The molecule has 0 unspecified atom stereocenters. The van der Waals surface area contributed by atoms with E-state index in [0.717, 1.165) is 11.3 Å². The molecule has 0 bridgehead atoms. The molecule has 0 saturated heterocycles. The highest BCUT2D eigenvalue weighted by Gasteiger charge is 2.13. The first kappa shape index (κ1) is 12.2. The van der Waals surface area contributed by atoms with E-state index in [1.165, 1.54) is 6.07 Å². The standard InChI is InChI=1S/C15H12N2O3/c1-16-11-5-2-9(3-6-11)14-12-8-10(15(18)19)4-7-13(12)17-20-14/h2-8,16H,1H3,(H,18,19). The van der Waals surface area contributed by atoms with E-state index >= 15 is 0 Å². The number of benzene rings is 2. The number of carboxylic acids is 1. The van der Waals surface area contributed by atoms with Crippen molar-refractivity contribution < 1.29 is 14.4 Å². The van der Waals surface area contributed by atoms with Gasteiger partial charge in [-0.05, 0) is 42.5 Å². The van der Waals surface area contributed by atoms with Crippen LogP contribution in [0.2, 0.25) is 0 Å². The van der Waals surface area contributed by atoms with E-state index in [1.54, 1.807) is 12.1 Å². The Morgan fingerprint density at radius 2 is 1.95 bits per heavy atom. The van der Waals surface area contributed by atoms with E-state index in [1.807, 2.05) is 31.3 Å². The number of anilines is 1. The van der Waals surface area contributed by atoms with Crippen molar-refractivity contribution in [3.63, 3.8) is 0 Å². The molecule has 1 aromatic heterocycles. The molecule has 0 aliphatic heterocycles. The van der Waals surface area contributed by atoms with Crippen molar-refractivity contribution in [3.05, 3.63) is 48.0 Å². The monoisotopic (exact) mass is 268 g/mol. The molecule has 0 aliphatic carbocycles. The van der Waals surface area contributed by atoms with Gasteiger partial charge in [-0.2, -0.15) is 0 Å². The van der Waals surface area contributed by atoms with E-state index in [2.05, 4.69) is 10.5 Å². The number of hydrogen-bond acceptors (Lipinski definition) is 4. The molecular weight excluding hydrogens is 256 g/mol. The number of nitrogens with one attached hydrogen (secondary N) is 1. The highest BCUT2D eigenvalue weighted by molar-refractivity contribution is 5.98. The minimum absolute atomic E-state index is 0.216. The Hall–Kier alpha value is -2.82. The largest absolute Gasteiger partial charge is 0.478 e. The molecule has 0 amide bonds. The smallest absolute Gasteiger partial charge is 0.335 e. The summed E-state index contributed by atoms with van der Waals surface area (Å²) < 4.78 is 5.35. The maximum Gasteiger partial charge on any atom is 0.335 e. The first-order valence-corrected chi connectivity index (χ1v) is 6.10. The summed E-state index contributed by atoms with van der Waals surface area (Å²) in [7, 11) is 1.85. The summed E-state index contributed by atoms with van der Waals surface area (Å²) >= 11 is 0. The van der Waals surface area contributed by atoms with Crippen LogP contribution in [0.4, 0.5) is 5.69 Å². The van der Waals surface area contributed by atoms with E-state index in [9.17, 15) is 4.79 Å². The van der Waals surface area contributed by atoms with Crippen LogP contribution in [0.15, 0.2) is 47.0 Å². The Morgan fingerprint density at radius 3 is 2.60 bits per heavy atom. The van der Waals surface area contributed by atoms with Crippen molar-refractivity contribution in [2.24, 2.45) is 0 Å². The van der Waals surface area contributed by atoms with Crippen LogP contribution >= 0.6 is 0 Å². The van der Waals surface area contributed by atoms with Crippen LogP contribution in [-0.2, 0) is 0 Å². The Bertz CT molecular complexity index is 775. The Kier molecular flexibility index (Phi) is 2.87. The normalized spacial score (nSPS) is 10.7. The molecule has 0 radical (unpaired) electrons. The van der Waals surface area contributed by atoms with Crippen molar-refractivity contribution in [2.45, 2.75) is 0 Å². The van der Waals surface area contributed by atoms with Gasteiger partial charge in [-0.25, -0.2) is 4.79 Å². The predicted octanol–water partition coefficient (Wildman–Crippen LogP) is 3.23. The Labute approximate surface area is 114 Å². The molecule has 5 nitrogen and oxygen atoms in total. The second kappa shape index (κ2) is 4.70. The van der Waals surface area contributed by atoms with Crippen LogP contribution in [0.3, 0.4) is 0 Å². The van der Waals surface area contributed by atoms with Crippen LogP contribution in [0.5, 0.6) is 0 Å². The third-order valence-corrected chi connectivity index (χ3v) is 3.16. The maximum atomic E-state index is 11.0. The summed E-state index contributed by atoms with van der Waals surface area (Å²) in [4.78, 5) is 11.0. The molecule has 0 atom stereocenters. The molecular formula is C15H12N2O3. The molecule has 100 valence electrons. The van der Waals surface area contributed by atoms with Gasteiger partial charge in [0, 0.05) is 18.3 Å². The van der Waals surface area contributed by atoms with Gasteiger partial charge in [-0.15, -0.1) is 0 Å². The van der Waals surface area contributed by atoms with Gasteiger partial charge < -0.3 is 14.9 Å².